The number of aryl methyl sites for hydroxylation is 1. The topological polar surface area (TPSA) is 12.0 Å². The predicted molar refractivity (Wildman–Crippen MR) is 79.6 cm³/mol. The Morgan fingerprint density at radius 3 is 2.40 bits per heavy atom. The predicted octanol–water partition coefficient (Wildman–Crippen LogP) is 5.75. The summed E-state index contributed by atoms with van der Waals surface area (Å²) in [6.07, 6.45) is 0. The molecule has 5 heteroatoms. The van der Waals surface area contributed by atoms with Crippen LogP contribution < -0.4 is 5.32 Å². The second-order valence-electron chi connectivity index (χ2n) is 4.59. The van der Waals surface area contributed by atoms with Gasteiger partial charge in [-0.15, -0.1) is 0 Å². The fourth-order valence-electron chi connectivity index (χ4n) is 1.87. The number of nitrogens with one attached hydrogen (secondary N) is 1. The van der Waals surface area contributed by atoms with Crippen LogP contribution in [0.5, 0.6) is 0 Å². The highest BCUT2D eigenvalue weighted by molar-refractivity contribution is 6.42. The lowest BCUT2D eigenvalue weighted by Crippen LogP contribution is -2.10. The van der Waals surface area contributed by atoms with Crippen molar-refractivity contribution in [2.75, 3.05) is 5.32 Å². The van der Waals surface area contributed by atoms with Crippen molar-refractivity contribution in [3.05, 3.63) is 63.1 Å². The highest BCUT2D eigenvalue weighted by Crippen LogP contribution is 2.29. The summed E-state index contributed by atoms with van der Waals surface area (Å²) in [6, 6.07) is 7.42. The molecule has 0 saturated carbocycles. The van der Waals surface area contributed by atoms with Crippen LogP contribution in [0.25, 0.3) is 0 Å². The van der Waals surface area contributed by atoms with Gasteiger partial charge in [0.1, 0.15) is 11.5 Å². The molecule has 0 radical (unpaired) electrons. The molecule has 2 rings (SSSR count). The van der Waals surface area contributed by atoms with Gasteiger partial charge in [-0.2, -0.15) is 0 Å². The molecule has 1 nitrogen and oxygen atoms in total. The number of rotatable bonds is 3. The van der Waals surface area contributed by atoms with Gasteiger partial charge in [0.2, 0.25) is 0 Å². The molecule has 2 aromatic rings. The summed E-state index contributed by atoms with van der Waals surface area (Å²) in [5.41, 5.74) is 1.04. The zero-order chi connectivity index (χ0) is 14.9. The van der Waals surface area contributed by atoms with Crippen LogP contribution in [0.2, 0.25) is 10.0 Å². The molecule has 2 aromatic carbocycles. The molecular formula is C15H13Cl2F2N. The zero-order valence-electron chi connectivity index (χ0n) is 11.0. The van der Waals surface area contributed by atoms with E-state index >= 15 is 0 Å². The van der Waals surface area contributed by atoms with E-state index in [1.54, 1.807) is 32.0 Å². The highest BCUT2D eigenvalue weighted by Gasteiger charge is 2.15. The Morgan fingerprint density at radius 1 is 1.05 bits per heavy atom. The minimum Gasteiger partial charge on any atom is -0.374 e. The Morgan fingerprint density at radius 2 is 1.75 bits per heavy atom. The monoisotopic (exact) mass is 315 g/mol. The van der Waals surface area contributed by atoms with Crippen LogP contribution in [0.4, 0.5) is 14.5 Å². The van der Waals surface area contributed by atoms with Gasteiger partial charge in [-0.25, -0.2) is 8.78 Å². The van der Waals surface area contributed by atoms with Crippen molar-refractivity contribution in [3.63, 3.8) is 0 Å². The zero-order valence-corrected chi connectivity index (χ0v) is 12.5. The van der Waals surface area contributed by atoms with Crippen LogP contribution in [0.15, 0.2) is 30.3 Å². The smallest absolute Gasteiger partial charge is 0.152 e. The molecule has 20 heavy (non-hydrogen) atoms. The molecule has 0 aliphatic rings. The number of hydrogen-bond donors (Lipinski definition) is 1. The largest absolute Gasteiger partial charge is 0.374 e. The lowest BCUT2D eigenvalue weighted by atomic mass is 10.1. The van der Waals surface area contributed by atoms with Crippen LogP contribution in [-0.4, -0.2) is 0 Å². The summed E-state index contributed by atoms with van der Waals surface area (Å²) in [7, 11) is 0. The highest BCUT2D eigenvalue weighted by atomic mass is 35.5. The van der Waals surface area contributed by atoms with Gasteiger partial charge >= 0.3 is 0 Å². The molecule has 1 N–H and O–H groups in total. The first-order valence-electron chi connectivity index (χ1n) is 6.06. The SMILES string of the molecule is Cc1ccc(F)c(NC(C)c2ccc(Cl)c(Cl)c2)c1F. The van der Waals surface area contributed by atoms with E-state index in [1.807, 2.05) is 0 Å². The summed E-state index contributed by atoms with van der Waals surface area (Å²) in [5.74, 6) is -1.21. The third kappa shape index (κ3) is 3.05. The molecule has 0 amide bonds. The van der Waals surface area contributed by atoms with Crippen LogP contribution in [0, 0.1) is 18.6 Å². The fourth-order valence-corrected chi connectivity index (χ4v) is 2.18. The second kappa shape index (κ2) is 5.98. The first-order chi connectivity index (χ1) is 9.40. The summed E-state index contributed by atoms with van der Waals surface area (Å²) in [5, 5.41) is 3.68. The summed E-state index contributed by atoms with van der Waals surface area (Å²) in [4.78, 5) is 0. The second-order valence-corrected chi connectivity index (χ2v) is 5.41. The van der Waals surface area contributed by atoms with E-state index in [-0.39, 0.29) is 11.7 Å². The first-order valence-corrected chi connectivity index (χ1v) is 6.82. The van der Waals surface area contributed by atoms with Crippen molar-refractivity contribution in [3.8, 4) is 0 Å². The average Bonchev–Trinajstić information content (AvgIpc) is 2.42. The lowest BCUT2D eigenvalue weighted by molar-refractivity contribution is 0.579. The van der Waals surface area contributed by atoms with Crippen LogP contribution in [0.1, 0.15) is 24.1 Å². The van der Waals surface area contributed by atoms with E-state index in [2.05, 4.69) is 5.32 Å². The maximum absolute atomic E-state index is 13.9. The van der Waals surface area contributed by atoms with Crippen LogP contribution in [-0.2, 0) is 0 Å². The molecule has 0 saturated heterocycles. The Labute approximate surface area is 126 Å². The lowest BCUT2D eigenvalue weighted by Gasteiger charge is -2.18. The molecular weight excluding hydrogens is 303 g/mol. The number of benzene rings is 2. The Hall–Kier alpha value is -1.32. The molecule has 1 unspecified atom stereocenters. The Balaban J connectivity index is 2.30. The van der Waals surface area contributed by atoms with Crippen molar-refractivity contribution in [2.24, 2.45) is 0 Å². The molecule has 0 aliphatic carbocycles. The van der Waals surface area contributed by atoms with E-state index in [1.165, 1.54) is 12.1 Å². The molecule has 0 aliphatic heterocycles. The van der Waals surface area contributed by atoms with Crippen molar-refractivity contribution in [2.45, 2.75) is 19.9 Å². The van der Waals surface area contributed by atoms with Gasteiger partial charge in [0, 0.05) is 6.04 Å². The van der Waals surface area contributed by atoms with Crippen molar-refractivity contribution >= 4 is 28.9 Å². The number of anilines is 1. The molecule has 0 fully saturated rings. The summed E-state index contributed by atoms with van der Waals surface area (Å²) in [6.45, 7) is 3.38. The molecule has 106 valence electrons. The maximum atomic E-state index is 13.9. The van der Waals surface area contributed by atoms with Gasteiger partial charge in [-0.05, 0) is 43.2 Å². The van der Waals surface area contributed by atoms with Gasteiger partial charge in [0.15, 0.2) is 5.82 Å². The van der Waals surface area contributed by atoms with Crippen LogP contribution >= 0.6 is 23.2 Å². The molecule has 0 bridgehead atoms. The van der Waals surface area contributed by atoms with Crippen molar-refractivity contribution in [1.82, 2.24) is 0 Å². The third-order valence-corrected chi connectivity index (χ3v) is 3.83. The number of halogens is 4. The van der Waals surface area contributed by atoms with Gasteiger partial charge in [-0.1, -0.05) is 35.3 Å². The van der Waals surface area contributed by atoms with Crippen molar-refractivity contribution in [1.29, 1.82) is 0 Å². The van der Waals surface area contributed by atoms with E-state index in [0.717, 1.165) is 5.56 Å². The summed E-state index contributed by atoms with van der Waals surface area (Å²) < 4.78 is 27.6. The van der Waals surface area contributed by atoms with Gasteiger partial charge < -0.3 is 5.32 Å². The van der Waals surface area contributed by atoms with E-state index < -0.39 is 11.6 Å². The average molecular weight is 316 g/mol. The number of hydrogen-bond acceptors (Lipinski definition) is 1. The third-order valence-electron chi connectivity index (χ3n) is 3.09. The quantitative estimate of drug-likeness (QED) is 0.760. The standard InChI is InChI=1S/C15H13Cl2F2N/c1-8-3-6-13(18)15(14(8)19)20-9(2)10-4-5-11(16)12(17)7-10/h3-7,9,20H,1-2H3. The maximum Gasteiger partial charge on any atom is 0.152 e. The van der Waals surface area contributed by atoms with Gasteiger partial charge in [0.25, 0.3) is 0 Å². The fraction of sp³-hybridized carbons (Fsp3) is 0.200. The molecule has 0 heterocycles. The Bertz CT molecular complexity index is 644. The summed E-state index contributed by atoms with van der Waals surface area (Å²) >= 11 is 11.8. The molecule has 1 atom stereocenters. The van der Waals surface area contributed by atoms with Gasteiger partial charge in [-0.3, -0.25) is 0 Å². The Kier molecular flexibility index (Phi) is 4.51. The molecule has 0 spiro atoms. The minimum atomic E-state index is -0.625. The normalized spacial score (nSPS) is 12.3. The van der Waals surface area contributed by atoms with E-state index in [0.29, 0.717) is 15.6 Å². The molecule has 0 aromatic heterocycles. The minimum absolute atomic E-state index is 0.136. The van der Waals surface area contributed by atoms with Crippen molar-refractivity contribution < 1.29 is 8.78 Å². The first kappa shape index (κ1) is 15.1. The van der Waals surface area contributed by atoms with Gasteiger partial charge in [0.05, 0.1) is 10.0 Å². The van der Waals surface area contributed by atoms with Crippen LogP contribution in [0.3, 0.4) is 0 Å². The van der Waals surface area contributed by atoms with E-state index in [9.17, 15) is 8.78 Å². The van der Waals surface area contributed by atoms with E-state index in [4.69, 9.17) is 23.2 Å².